The molecule has 0 aliphatic carbocycles. The van der Waals surface area contributed by atoms with E-state index >= 15 is 0 Å². The second kappa shape index (κ2) is 8.73. The van der Waals surface area contributed by atoms with Crippen LogP contribution in [0, 0.1) is 5.82 Å². The minimum Gasteiger partial charge on any atom is -0.488 e. The fourth-order valence-electron chi connectivity index (χ4n) is 2.64. The van der Waals surface area contributed by atoms with Crippen molar-refractivity contribution in [3.05, 3.63) is 107 Å². The topological polar surface area (TPSA) is 26.3 Å². The molecule has 0 aliphatic heterocycles. The van der Waals surface area contributed by atoms with Crippen LogP contribution in [0.3, 0.4) is 0 Å². The first-order valence-electron chi connectivity index (χ1n) is 8.69. The van der Waals surface area contributed by atoms with E-state index in [9.17, 15) is 22.4 Å². The molecule has 0 saturated heterocycles. The molecular formula is C23H16F4O2. The monoisotopic (exact) mass is 400 g/mol. The second-order valence-electron chi connectivity index (χ2n) is 6.24. The SMILES string of the molecule is O=C(C=Cc1cccc(C(F)(F)F)c1)c1cc(F)ccc1OCc1ccccc1. The van der Waals surface area contributed by atoms with Crippen molar-refractivity contribution >= 4 is 11.9 Å². The van der Waals surface area contributed by atoms with Crippen LogP contribution in [0.15, 0.2) is 78.9 Å². The number of carbonyl (C=O) groups is 1. The lowest BCUT2D eigenvalue weighted by atomic mass is 10.1. The fraction of sp³-hybridized carbons (Fsp3) is 0.0870. The molecule has 0 aliphatic rings. The van der Waals surface area contributed by atoms with Gasteiger partial charge in [0.05, 0.1) is 11.1 Å². The zero-order valence-electron chi connectivity index (χ0n) is 15.1. The highest BCUT2D eigenvalue weighted by Gasteiger charge is 2.30. The summed E-state index contributed by atoms with van der Waals surface area (Å²) in [5.74, 6) is -1.01. The number of rotatable bonds is 6. The molecule has 0 saturated carbocycles. The number of benzene rings is 3. The first kappa shape index (κ1) is 20.3. The summed E-state index contributed by atoms with van der Waals surface area (Å²) in [6.07, 6.45) is -2.13. The first-order valence-corrected chi connectivity index (χ1v) is 8.69. The van der Waals surface area contributed by atoms with Crippen LogP contribution in [0.4, 0.5) is 17.6 Å². The van der Waals surface area contributed by atoms with Crippen molar-refractivity contribution in [2.75, 3.05) is 0 Å². The van der Waals surface area contributed by atoms with E-state index in [2.05, 4.69) is 0 Å². The summed E-state index contributed by atoms with van der Waals surface area (Å²) in [5.41, 5.74) is 0.250. The second-order valence-corrected chi connectivity index (χ2v) is 6.24. The molecule has 0 N–H and O–H groups in total. The zero-order chi connectivity index (χ0) is 20.9. The van der Waals surface area contributed by atoms with E-state index in [-0.39, 0.29) is 23.5 Å². The molecule has 3 aromatic rings. The summed E-state index contributed by atoms with van der Waals surface area (Å²) in [5, 5.41) is 0. The molecule has 2 nitrogen and oxygen atoms in total. The Hall–Kier alpha value is -3.41. The van der Waals surface area contributed by atoms with Gasteiger partial charge in [-0.25, -0.2) is 4.39 Å². The van der Waals surface area contributed by atoms with Gasteiger partial charge in [-0.3, -0.25) is 4.79 Å². The summed E-state index contributed by atoms with van der Waals surface area (Å²) in [4.78, 5) is 12.5. The fourth-order valence-corrected chi connectivity index (χ4v) is 2.64. The van der Waals surface area contributed by atoms with Crippen molar-refractivity contribution in [1.29, 1.82) is 0 Å². The minimum atomic E-state index is -4.48. The van der Waals surface area contributed by atoms with Gasteiger partial charge in [-0.2, -0.15) is 13.2 Å². The lowest BCUT2D eigenvalue weighted by Crippen LogP contribution is -2.04. The van der Waals surface area contributed by atoms with Gasteiger partial charge in [0.25, 0.3) is 0 Å². The number of hydrogen-bond acceptors (Lipinski definition) is 2. The molecule has 0 atom stereocenters. The van der Waals surface area contributed by atoms with Gasteiger partial charge >= 0.3 is 6.18 Å². The number of carbonyl (C=O) groups excluding carboxylic acids is 1. The van der Waals surface area contributed by atoms with E-state index in [1.807, 2.05) is 30.3 Å². The van der Waals surface area contributed by atoms with Gasteiger partial charge < -0.3 is 4.74 Å². The Labute approximate surface area is 165 Å². The third kappa shape index (κ3) is 5.54. The normalized spacial score (nSPS) is 11.6. The van der Waals surface area contributed by atoms with E-state index < -0.39 is 23.3 Å². The lowest BCUT2D eigenvalue weighted by Gasteiger charge is -2.10. The Morgan fingerprint density at radius 1 is 0.931 bits per heavy atom. The van der Waals surface area contributed by atoms with Crippen LogP contribution in [-0.4, -0.2) is 5.78 Å². The number of alkyl halides is 3. The molecule has 0 heterocycles. The first-order chi connectivity index (χ1) is 13.8. The predicted octanol–water partition coefficient (Wildman–Crippen LogP) is 6.32. The average molecular weight is 400 g/mol. The summed E-state index contributed by atoms with van der Waals surface area (Å²) < 4.78 is 57.7. The van der Waals surface area contributed by atoms with Crippen LogP contribution in [0.2, 0.25) is 0 Å². The van der Waals surface area contributed by atoms with E-state index in [1.165, 1.54) is 30.3 Å². The van der Waals surface area contributed by atoms with Gasteiger partial charge in [0.15, 0.2) is 5.78 Å². The molecule has 0 fully saturated rings. The predicted molar refractivity (Wildman–Crippen MR) is 102 cm³/mol. The number of hydrogen-bond donors (Lipinski definition) is 0. The summed E-state index contributed by atoms with van der Waals surface area (Å²) in [6.45, 7) is 0.185. The maximum absolute atomic E-state index is 13.7. The van der Waals surface area contributed by atoms with Gasteiger partial charge in [-0.15, -0.1) is 0 Å². The summed E-state index contributed by atoms with van der Waals surface area (Å²) in [6, 6.07) is 17.4. The van der Waals surface area contributed by atoms with Crippen LogP contribution in [0.5, 0.6) is 5.75 Å². The number of allylic oxidation sites excluding steroid dienone is 1. The third-order valence-electron chi connectivity index (χ3n) is 4.09. The number of halogens is 4. The van der Waals surface area contributed by atoms with Crippen LogP contribution in [0.25, 0.3) is 6.08 Å². The molecule has 3 rings (SSSR count). The van der Waals surface area contributed by atoms with Crippen molar-refractivity contribution < 1.29 is 27.1 Å². The van der Waals surface area contributed by atoms with Crippen molar-refractivity contribution in [1.82, 2.24) is 0 Å². The molecular weight excluding hydrogens is 384 g/mol. The van der Waals surface area contributed by atoms with Gasteiger partial charge in [0.1, 0.15) is 18.2 Å². The van der Waals surface area contributed by atoms with E-state index in [1.54, 1.807) is 0 Å². The largest absolute Gasteiger partial charge is 0.488 e. The van der Waals surface area contributed by atoms with E-state index in [0.29, 0.717) is 0 Å². The summed E-state index contributed by atoms with van der Waals surface area (Å²) in [7, 11) is 0. The molecule has 3 aromatic carbocycles. The average Bonchev–Trinajstić information content (AvgIpc) is 2.71. The molecule has 0 spiro atoms. The molecule has 0 unspecified atom stereocenters. The molecule has 0 amide bonds. The van der Waals surface area contributed by atoms with Crippen LogP contribution in [-0.2, 0) is 12.8 Å². The van der Waals surface area contributed by atoms with E-state index in [0.717, 1.165) is 29.8 Å². The smallest absolute Gasteiger partial charge is 0.416 e. The maximum Gasteiger partial charge on any atom is 0.416 e. The van der Waals surface area contributed by atoms with Crippen LogP contribution >= 0.6 is 0 Å². The van der Waals surface area contributed by atoms with Gasteiger partial charge in [0.2, 0.25) is 0 Å². The molecule has 0 aromatic heterocycles. The molecule has 148 valence electrons. The van der Waals surface area contributed by atoms with Gasteiger partial charge in [-0.05, 0) is 47.5 Å². The molecule has 0 bridgehead atoms. The minimum absolute atomic E-state index is 0.0100. The summed E-state index contributed by atoms with van der Waals surface area (Å²) >= 11 is 0. The highest BCUT2D eigenvalue weighted by molar-refractivity contribution is 6.08. The number of ether oxygens (including phenoxy) is 1. The van der Waals surface area contributed by atoms with Crippen molar-refractivity contribution in [2.24, 2.45) is 0 Å². The van der Waals surface area contributed by atoms with Gasteiger partial charge in [0, 0.05) is 0 Å². The van der Waals surface area contributed by atoms with Crippen molar-refractivity contribution in [3.63, 3.8) is 0 Å². The van der Waals surface area contributed by atoms with Crippen molar-refractivity contribution in [2.45, 2.75) is 12.8 Å². The Morgan fingerprint density at radius 2 is 1.69 bits per heavy atom. The standard InChI is InChI=1S/C23H16F4O2/c24-19-10-12-22(29-15-17-5-2-1-3-6-17)20(14-19)21(28)11-9-16-7-4-8-18(13-16)23(25,26)27/h1-14H,15H2. The van der Waals surface area contributed by atoms with Crippen LogP contribution in [0.1, 0.15) is 27.0 Å². The quantitative estimate of drug-likeness (QED) is 0.275. The molecule has 29 heavy (non-hydrogen) atoms. The zero-order valence-corrected chi connectivity index (χ0v) is 15.1. The lowest BCUT2D eigenvalue weighted by molar-refractivity contribution is -0.137. The Bertz CT molecular complexity index is 1020. The highest BCUT2D eigenvalue weighted by atomic mass is 19.4. The Morgan fingerprint density at radius 3 is 2.41 bits per heavy atom. The number of ketones is 1. The van der Waals surface area contributed by atoms with Crippen LogP contribution < -0.4 is 4.74 Å². The maximum atomic E-state index is 13.7. The van der Waals surface area contributed by atoms with Crippen molar-refractivity contribution in [3.8, 4) is 5.75 Å². The Balaban J connectivity index is 1.80. The Kier molecular flexibility index (Phi) is 6.12. The molecule has 0 radical (unpaired) electrons. The van der Waals surface area contributed by atoms with E-state index in [4.69, 9.17) is 4.74 Å². The molecule has 6 heteroatoms. The third-order valence-corrected chi connectivity index (χ3v) is 4.09. The highest BCUT2D eigenvalue weighted by Crippen LogP contribution is 2.30. The van der Waals surface area contributed by atoms with Gasteiger partial charge in [-0.1, -0.05) is 48.5 Å².